The van der Waals surface area contributed by atoms with Crippen LogP contribution in [0, 0.1) is 0 Å². The molecule has 1 aromatic rings. The van der Waals surface area contributed by atoms with Crippen LogP contribution in [0.25, 0.3) is 0 Å². The summed E-state index contributed by atoms with van der Waals surface area (Å²) in [5.41, 5.74) is 0.406. The average Bonchev–Trinajstić information content (AvgIpc) is 2.72. The van der Waals surface area contributed by atoms with Crippen LogP contribution in [0.4, 0.5) is 5.00 Å². The zero-order valence-corrected chi connectivity index (χ0v) is 12.0. The Morgan fingerprint density at radius 3 is 2.72 bits per heavy atom. The second kappa shape index (κ2) is 7.38. The summed E-state index contributed by atoms with van der Waals surface area (Å²) < 4.78 is 4.96. The molecule has 4 nitrogen and oxygen atoms in total. The van der Waals surface area contributed by atoms with E-state index in [1.165, 1.54) is 11.3 Å². The van der Waals surface area contributed by atoms with E-state index < -0.39 is 5.97 Å². The molecule has 0 radical (unpaired) electrons. The highest BCUT2D eigenvalue weighted by Gasteiger charge is 2.18. The highest BCUT2D eigenvalue weighted by molar-refractivity contribution is 7.16. The number of rotatable bonds is 6. The van der Waals surface area contributed by atoms with E-state index in [0.717, 1.165) is 17.7 Å². The molecule has 0 spiro atoms. The van der Waals surface area contributed by atoms with Crippen molar-refractivity contribution in [3.05, 3.63) is 16.5 Å². The largest absolute Gasteiger partial charge is 0.462 e. The molecular formula is C12H16ClNO3S. The number of alkyl halides is 1. The van der Waals surface area contributed by atoms with E-state index in [2.05, 4.69) is 12.2 Å². The Labute approximate surface area is 115 Å². The molecule has 0 unspecified atom stereocenters. The van der Waals surface area contributed by atoms with Gasteiger partial charge in [0.25, 0.3) is 0 Å². The number of anilines is 1. The zero-order chi connectivity index (χ0) is 13.5. The van der Waals surface area contributed by atoms with Gasteiger partial charge in [-0.05, 0) is 19.4 Å². The molecule has 1 N–H and O–H groups in total. The molecular weight excluding hydrogens is 274 g/mol. The summed E-state index contributed by atoms with van der Waals surface area (Å²) in [5.74, 6) is -0.878. The second-order valence-corrected chi connectivity index (χ2v) is 5.01. The number of amides is 1. The fourth-order valence-corrected chi connectivity index (χ4v) is 2.65. The fourth-order valence-electron chi connectivity index (χ4n) is 1.43. The second-order valence-electron chi connectivity index (χ2n) is 3.61. The molecule has 0 bridgehead atoms. The maximum Gasteiger partial charge on any atom is 0.341 e. The predicted octanol–water partition coefficient (Wildman–Crippen LogP) is 3.05. The van der Waals surface area contributed by atoms with Crippen LogP contribution in [-0.2, 0) is 16.0 Å². The maximum absolute atomic E-state index is 11.8. The van der Waals surface area contributed by atoms with Gasteiger partial charge in [-0.2, -0.15) is 0 Å². The number of aryl methyl sites for hydroxylation is 1. The molecule has 6 heteroatoms. The summed E-state index contributed by atoms with van der Waals surface area (Å²) in [4.78, 5) is 24.1. The van der Waals surface area contributed by atoms with Crippen LogP contribution in [0.1, 0.15) is 35.5 Å². The Bertz CT molecular complexity index is 431. The number of ether oxygens (including phenoxy) is 1. The molecule has 1 rings (SSSR count). The van der Waals surface area contributed by atoms with Gasteiger partial charge in [-0.15, -0.1) is 22.9 Å². The summed E-state index contributed by atoms with van der Waals surface area (Å²) in [6.45, 7) is 4.11. The fraction of sp³-hybridized carbons (Fsp3) is 0.500. The van der Waals surface area contributed by atoms with Crippen molar-refractivity contribution in [2.75, 3.05) is 17.8 Å². The number of carbonyl (C=O) groups is 2. The summed E-state index contributed by atoms with van der Waals surface area (Å²) in [7, 11) is 0. The molecule has 1 heterocycles. The van der Waals surface area contributed by atoms with Crippen molar-refractivity contribution in [2.45, 2.75) is 26.7 Å². The monoisotopic (exact) mass is 289 g/mol. The molecule has 0 aliphatic carbocycles. The SMILES string of the molecule is CCCc1cc(C(=O)OCC)c(NC(=O)CCl)s1. The number of halogens is 1. The van der Waals surface area contributed by atoms with E-state index in [1.54, 1.807) is 13.0 Å². The molecule has 0 saturated heterocycles. The molecule has 1 amide bonds. The number of carbonyl (C=O) groups excluding carboxylic acids is 2. The number of hydrogen-bond acceptors (Lipinski definition) is 4. The van der Waals surface area contributed by atoms with Gasteiger partial charge in [-0.1, -0.05) is 13.3 Å². The third-order valence-corrected chi connectivity index (χ3v) is 3.50. The maximum atomic E-state index is 11.8. The number of esters is 1. The van der Waals surface area contributed by atoms with Crippen LogP contribution in [-0.4, -0.2) is 24.4 Å². The normalized spacial score (nSPS) is 10.2. The third kappa shape index (κ3) is 3.99. The van der Waals surface area contributed by atoms with Crippen molar-refractivity contribution in [2.24, 2.45) is 0 Å². The summed E-state index contributed by atoms with van der Waals surface area (Å²) in [5, 5.41) is 3.14. The highest BCUT2D eigenvalue weighted by atomic mass is 35.5. The first kappa shape index (κ1) is 15.0. The van der Waals surface area contributed by atoms with Gasteiger partial charge in [0.2, 0.25) is 5.91 Å². The quantitative estimate of drug-likeness (QED) is 0.647. The van der Waals surface area contributed by atoms with Crippen LogP contribution in [0.15, 0.2) is 6.07 Å². The molecule has 0 aliphatic heterocycles. The molecule has 1 aromatic heterocycles. The van der Waals surface area contributed by atoms with Gasteiger partial charge in [0.15, 0.2) is 0 Å². The summed E-state index contributed by atoms with van der Waals surface area (Å²) in [6, 6.07) is 1.77. The smallest absolute Gasteiger partial charge is 0.341 e. The molecule has 0 fully saturated rings. The standard InChI is InChI=1S/C12H16ClNO3S/c1-3-5-8-6-9(12(16)17-4-2)11(18-8)14-10(15)7-13/h6H,3-5,7H2,1-2H3,(H,14,15). The average molecular weight is 290 g/mol. The van der Waals surface area contributed by atoms with E-state index in [1.807, 2.05) is 0 Å². The molecule has 100 valence electrons. The first-order chi connectivity index (χ1) is 8.62. The van der Waals surface area contributed by atoms with Crippen molar-refractivity contribution in [1.29, 1.82) is 0 Å². The van der Waals surface area contributed by atoms with Crippen molar-refractivity contribution in [1.82, 2.24) is 0 Å². The van der Waals surface area contributed by atoms with Gasteiger partial charge >= 0.3 is 5.97 Å². The van der Waals surface area contributed by atoms with Crippen LogP contribution < -0.4 is 5.32 Å². The first-order valence-corrected chi connectivity index (χ1v) is 7.13. The Kier molecular flexibility index (Phi) is 6.15. The van der Waals surface area contributed by atoms with Crippen LogP contribution in [0.3, 0.4) is 0 Å². The van der Waals surface area contributed by atoms with Gasteiger partial charge in [0.05, 0.1) is 12.2 Å². The van der Waals surface area contributed by atoms with Crippen molar-refractivity contribution in [3.8, 4) is 0 Å². The minimum atomic E-state index is -0.416. The molecule has 0 aliphatic rings. The lowest BCUT2D eigenvalue weighted by atomic mass is 10.2. The molecule has 0 saturated carbocycles. The summed E-state index contributed by atoms with van der Waals surface area (Å²) >= 11 is 6.83. The Morgan fingerprint density at radius 1 is 1.44 bits per heavy atom. The molecule has 0 aromatic carbocycles. The molecule has 18 heavy (non-hydrogen) atoms. The lowest BCUT2D eigenvalue weighted by Crippen LogP contribution is -2.14. The Balaban J connectivity index is 2.96. The molecule has 0 atom stereocenters. The van der Waals surface area contributed by atoms with E-state index in [4.69, 9.17) is 16.3 Å². The van der Waals surface area contributed by atoms with Gasteiger partial charge in [0, 0.05) is 4.88 Å². The van der Waals surface area contributed by atoms with Crippen molar-refractivity contribution < 1.29 is 14.3 Å². The van der Waals surface area contributed by atoms with Gasteiger partial charge < -0.3 is 10.1 Å². The number of hydrogen-bond donors (Lipinski definition) is 1. The Morgan fingerprint density at radius 2 is 2.17 bits per heavy atom. The van der Waals surface area contributed by atoms with E-state index in [9.17, 15) is 9.59 Å². The zero-order valence-electron chi connectivity index (χ0n) is 10.4. The van der Waals surface area contributed by atoms with Crippen LogP contribution >= 0.6 is 22.9 Å². The first-order valence-electron chi connectivity index (χ1n) is 5.78. The highest BCUT2D eigenvalue weighted by Crippen LogP contribution is 2.29. The predicted molar refractivity (Wildman–Crippen MR) is 73.6 cm³/mol. The van der Waals surface area contributed by atoms with Gasteiger partial charge in [-0.25, -0.2) is 4.79 Å². The van der Waals surface area contributed by atoms with Crippen molar-refractivity contribution in [3.63, 3.8) is 0 Å². The lowest BCUT2D eigenvalue weighted by molar-refractivity contribution is -0.113. The third-order valence-electron chi connectivity index (χ3n) is 2.15. The van der Waals surface area contributed by atoms with E-state index in [0.29, 0.717) is 17.2 Å². The van der Waals surface area contributed by atoms with E-state index >= 15 is 0 Å². The van der Waals surface area contributed by atoms with Crippen LogP contribution in [0.2, 0.25) is 0 Å². The number of thiophene rings is 1. The summed E-state index contributed by atoms with van der Waals surface area (Å²) in [6.07, 6.45) is 1.85. The van der Waals surface area contributed by atoms with E-state index in [-0.39, 0.29) is 11.8 Å². The minimum Gasteiger partial charge on any atom is -0.462 e. The minimum absolute atomic E-state index is 0.136. The van der Waals surface area contributed by atoms with Crippen molar-refractivity contribution >= 4 is 39.8 Å². The van der Waals surface area contributed by atoms with Gasteiger partial charge in [0.1, 0.15) is 10.9 Å². The Hall–Kier alpha value is -1.07. The lowest BCUT2D eigenvalue weighted by Gasteiger charge is -2.03. The van der Waals surface area contributed by atoms with Gasteiger partial charge in [-0.3, -0.25) is 4.79 Å². The number of nitrogens with one attached hydrogen (secondary N) is 1. The van der Waals surface area contributed by atoms with Crippen LogP contribution in [0.5, 0.6) is 0 Å². The topological polar surface area (TPSA) is 55.4 Å².